The Labute approximate surface area is 177 Å². The van der Waals surface area contributed by atoms with Crippen LogP contribution in [-0.4, -0.2) is 24.4 Å². The molecule has 0 saturated heterocycles. The first-order chi connectivity index (χ1) is 13.3. The fraction of sp³-hybridized carbons (Fsp3) is 0.211. The Morgan fingerprint density at radius 2 is 1.46 bits per heavy atom. The fourth-order valence-corrected chi connectivity index (χ4v) is 2.70. The minimum absolute atomic E-state index is 0.128. The van der Waals surface area contributed by atoms with Crippen molar-refractivity contribution in [2.45, 2.75) is 19.8 Å². The van der Waals surface area contributed by atoms with Crippen LogP contribution in [0.3, 0.4) is 0 Å². The highest BCUT2D eigenvalue weighted by atomic mass is 35.5. The van der Waals surface area contributed by atoms with Crippen molar-refractivity contribution in [1.82, 2.24) is 0 Å². The van der Waals surface area contributed by atoms with Gasteiger partial charge in [0.1, 0.15) is 0 Å². The number of rotatable bonds is 7. The molecule has 0 atom stereocenters. The van der Waals surface area contributed by atoms with Gasteiger partial charge < -0.3 is 15.4 Å². The molecule has 2 N–H and O–H groups in total. The minimum Gasteiger partial charge on any atom is -0.456 e. The highest BCUT2D eigenvalue weighted by Gasteiger charge is 2.13. The number of ether oxygens (including phenoxy) is 1. The maximum Gasteiger partial charge on any atom is 0.306 e. The van der Waals surface area contributed by atoms with E-state index in [0.717, 1.165) is 0 Å². The molecule has 0 aliphatic carbocycles. The summed E-state index contributed by atoms with van der Waals surface area (Å²) in [5.41, 5.74) is 1.59. The molecular formula is C19H17Cl3N2O4. The summed E-state index contributed by atoms with van der Waals surface area (Å²) in [6, 6.07) is 9.90. The Kier molecular flexibility index (Phi) is 8.11. The zero-order valence-electron chi connectivity index (χ0n) is 14.9. The van der Waals surface area contributed by atoms with Gasteiger partial charge in [0, 0.05) is 17.1 Å². The molecule has 2 rings (SSSR count). The van der Waals surface area contributed by atoms with Crippen molar-refractivity contribution in [2.75, 3.05) is 17.2 Å². The second kappa shape index (κ2) is 10.3. The lowest BCUT2D eigenvalue weighted by atomic mass is 10.2. The molecule has 0 aliphatic rings. The fourth-order valence-electron chi connectivity index (χ4n) is 2.18. The van der Waals surface area contributed by atoms with Gasteiger partial charge in [0.25, 0.3) is 5.91 Å². The molecule has 0 unspecified atom stereocenters. The molecule has 148 valence electrons. The highest BCUT2D eigenvalue weighted by Crippen LogP contribution is 2.29. The monoisotopic (exact) mass is 442 g/mol. The molecule has 2 amide bonds. The average Bonchev–Trinajstić information content (AvgIpc) is 2.66. The zero-order chi connectivity index (χ0) is 20.7. The van der Waals surface area contributed by atoms with Gasteiger partial charge in [0.15, 0.2) is 6.61 Å². The van der Waals surface area contributed by atoms with Crippen LogP contribution < -0.4 is 10.6 Å². The van der Waals surface area contributed by atoms with E-state index in [0.29, 0.717) is 27.0 Å². The normalized spacial score (nSPS) is 10.3. The first-order valence-electron chi connectivity index (χ1n) is 8.22. The topological polar surface area (TPSA) is 84.5 Å². The zero-order valence-corrected chi connectivity index (χ0v) is 17.1. The molecule has 0 bridgehead atoms. The van der Waals surface area contributed by atoms with E-state index in [-0.39, 0.29) is 17.9 Å². The van der Waals surface area contributed by atoms with E-state index in [2.05, 4.69) is 10.6 Å². The van der Waals surface area contributed by atoms with E-state index in [9.17, 15) is 14.4 Å². The van der Waals surface area contributed by atoms with Crippen molar-refractivity contribution in [1.29, 1.82) is 0 Å². The average molecular weight is 444 g/mol. The molecule has 0 fully saturated rings. The minimum atomic E-state index is -0.676. The van der Waals surface area contributed by atoms with Crippen molar-refractivity contribution < 1.29 is 19.1 Å². The Morgan fingerprint density at radius 1 is 0.857 bits per heavy atom. The molecule has 0 aliphatic heterocycles. The molecule has 2 aromatic carbocycles. The van der Waals surface area contributed by atoms with Crippen LogP contribution in [0.25, 0.3) is 0 Å². The van der Waals surface area contributed by atoms with E-state index in [1.54, 1.807) is 43.3 Å². The van der Waals surface area contributed by atoms with Gasteiger partial charge in [-0.3, -0.25) is 14.4 Å². The molecule has 28 heavy (non-hydrogen) atoms. The third kappa shape index (κ3) is 6.41. The van der Waals surface area contributed by atoms with Gasteiger partial charge >= 0.3 is 5.97 Å². The SMILES string of the molecule is Cc1c(Cl)cccc1NC(=O)COC(=O)CCC(=O)Nc1cccc(Cl)c1Cl. The molecule has 9 heteroatoms. The molecule has 0 heterocycles. The highest BCUT2D eigenvalue weighted by molar-refractivity contribution is 6.44. The van der Waals surface area contributed by atoms with Crippen molar-refractivity contribution >= 4 is 64.0 Å². The van der Waals surface area contributed by atoms with Gasteiger partial charge in [-0.05, 0) is 36.8 Å². The molecule has 6 nitrogen and oxygen atoms in total. The number of esters is 1. The first kappa shape index (κ1) is 22.0. The second-order valence-corrected chi connectivity index (χ2v) is 6.96. The maximum absolute atomic E-state index is 11.9. The molecule has 0 aromatic heterocycles. The van der Waals surface area contributed by atoms with Gasteiger partial charge in [-0.2, -0.15) is 0 Å². The summed E-state index contributed by atoms with van der Waals surface area (Å²) in [6.45, 7) is 1.29. The largest absolute Gasteiger partial charge is 0.456 e. The Bertz CT molecular complexity index is 831. The first-order valence-corrected chi connectivity index (χ1v) is 9.35. The molecule has 0 radical (unpaired) electrons. The quantitative estimate of drug-likeness (QED) is 0.599. The van der Waals surface area contributed by atoms with Crippen LogP contribution in [0.4, 0.5) is 11.4 Å². The lowest BCUT2D eigenvalue weighted by Gasteiger charge is -2.10. The Hall–Kier alpha value is -2.28. The molecule has 0 spiro atoms. The summed E-state index contributed by atoms with van der Waals surface area (Å²) in [5.74, 6) is -1.61. The molecule has 0 saturated carbocycles. The predicted molar refractivity (Wildman–Crippen MR) is 110 cm³/mol. The van der Waals surface area contributed by atoms with E-state index in [1.165, 1.54) is 0 Å². The summed E-state index contributed by atoms with van der Waals surface area (Å²) in [7, 11) is 0. The Morgan fingerprint density at radius 3 is 2.18 bits per heavy atom. The molecular weight excluding hydrogens is 427 g/mol. The van der Waals surface area contributed by atoms with Crippen molar-refractivity contribution in [3.05, 3.63) is 57.0 Å². The number of carbonyl (C=O) groups is 3. The summed E-state index contributed by atoms with van der Waals surface area (Å²) < 4.78 is 4.88. The van der Waals surface area contributed by atoms with Crippen molar-refractivity contribution in [2.24, 2.45) is 0 Å². The standard InChI is InChI=1S/C19H17Cl3N2O4/c1-11-12(20)4-2-6-14(11)23-17(26)10-28-18(27)9-8-16(25)24-15-7-3-5-13(21)19(15)22/h2-7H,8-10H2,1H3,(H,23,26)(H,24,25). The number of benzene rings is 2. The lowest BCUT2D eigenvalue weighted by molar-refractivity contribution is -0.147. The number of hydrogen-bond donors (Lipinski definition) is 2. The second-order valence-electron chi connectivity index (χ2n) is 5.77. The van der Waals surface area contributed by atoms with Crippen molar-refractivity contribution in [3.8, 4) is 0 Å². The number of amides is 2. The number of nitrogens with one attached hydrogen (secondary N) is 2. The Balaban J connectivity index is 1.75. The van der Waals surface area contributed by atoms with Crippen LogP contribution in [0, 0.1) is 6.92 Å². The van der Waals surface area contributed by atoms with Gasteiger partial charge in [-0.15, -0.1) is 0 Å². The third-order valence-corrected chi connectivity index (χ3v) is 4.92. The van der Waals surface area contributed by atoms with Crippen LogP contribution in [0.5, 0.6) is 0 Å². The number of hydrogen-bond acceptors (Lipinski definition) is 4. The van der Waals surface area contributed by atoms with E-state index in [1.807, 2.05) is 0 Å². The van der Waals surface area contributed by atoms with Gasteiger partial charge in [-0.1, -0.05) is 46.9 Å². The molecule has 2 aromatic rings. The van der Waals surface area contributed by atoms with Crippen LogP contribution in [0.1, 0.15) is 18.4 Å². The van der Waals surface area contributed by atoms with E-state index < -0.39 is 24.4 Å². The number of carbonyl (C=O) groups excluding carboxylic acids is 3. The smallest absolute Gasteiger partial charge is 0.306 e. The number of halogens is 3. The maximum atomic E-state index is 11.9. The summed E-state index contributed by atoms with van der Waals surface area (Å²) >= 11 is 17.8. The van der Waals surface area contributed by atoms with Crippen LogP contribution >= 0.6 is 34.8 Å². The van der Waals surface area contributed by atoms with Gasteiger partial charge in [-0.25, -0.2) is 0 Å². The van der Waals surface area contributed by atoms with Gasteiger partial charge in [0.05, 0.1) is 22.2 Å². The van der Waals surface area contributed by atoms with Crippen LogP contribution in [-0.2, 0) is 19.1 Å². The summed E-state index contributed by atoms with van der Waals surface area (Å²) in [6.07, 6.45) is -0.315. The van der Waals surface area contributed by atoms with Crippen LogP contribution in [0.2, 0.25) is 15.1 Å². The van der Waals surface area contributed by atoms with E-state index in [4.69, 9.17) is 39.5 Å². The van der Waals surface area contributed by atoms with Crippen LogP contribution in [0.15, 0.2) is 36.4 Å². The van der Waals surface area contributed by atoms with E-state index >= 15 is 0 Å². The predicted octanol–water partition coefficient (Wildman–Crippen LogP) is 4.86. The summed E-state index contributed by atoms with van der Waals surface area (Å²) in [4.78, 5) is 35.6. The van der Waals surface area contributed by atoms with Gasteiger partial charge in [0.2, 0.25) is 5.91 Å². The number of anilines is 2. The van der Waals surface area contributed by atoms with Crippen molar-refractivity contribution in [3.63, 3.8) is 0 Å². The lowest BCUT2D eigenvalue weighted by Crippen LogP contribution is -2.22. The summed E-state index contributed by atoms with van der Waals surface area (Å²) in [5, 5.41) is 6.20. The third-order valence-electron chi connectivity index (χ3n) is 3.69.